The minimum Gasteiger partial charge on any atom is -0.310 e. The Bertz CT molecular complexity index is 3600. The highest BCUT2D eigenvalue weighted by Gasteiger charge is 2.23. The van der Waals surface area contributed by atoms with Gasteiger partial charge in [0.2, 0.25) is 0 Å². The number of para-hydroxylation sites is 1. The van der Waals surface area contributed by atoms with Gasteiger partial charge in [-0.3, -0.25) is 0 Å². The van der Waals surface area contributed by atoms with E-state index in [1.165, 1.54) is 77.1 Å². The van der Waals surface area contributed by atoms with Crippen molar-refractivity contribution in [2.75, 3.05) is 4.90 Å². The van der Waals surface area contributed by atoms with E-state index in [2.05, 4.69) is 276 Å². The van der Waals surface area contributed by atoms with Gasteiger partial charge in [-0.2, -0.15) is 0 Å². The monoisotopic (exact) mass is 840 g/mol. The lowest BCUT2D eigenvalue weighted by molar-refractivity contribution is 1.18. The first kappa shape index (κ1) is 38.9. The smallest absolute Gasteiger partial charge is 0.0562 e. The lowest BCUT2D eigenvalue weighted by Gasteiger charge is -2.29. The zero-order valence-electron chi connectivity index (χ0n) is 36.3. The van der Waals surface area contributed by atoms with Crippen LogP contribution in [0.15, 0.2) is 267 Å². The molecule has 66 heavy (non-hydrogen) atoms. The molecule has 0 N–H and O–H groups in total. The topological polar surface area (TPSA) is 8.17 Å². The molecule has 12 aromatic rings. The Balaban J connectivity index is 1.09. The predicted octanol–water partition coefficient (Wildman–Crippen LogP) is 17.7. The standard InChI is InChI=1S/C64H44N2/c1-6-19-45(20-7-1)51-41-52(46-21-8-2-9-22-46)43-53(42-51)47-33-36-55(37-34-47)65(61-40-35-49-25-16-17-30-57(49)63(61)50-26-12-4-13-27-50)56-38-39-59-62(44-56)66(54-28-14-5-15-29-54)60-32-18-31-58(64(59)60)48-23-10-3-11-24-48/h1-44H. The van der Waals surface area contributed by atoms with Crippen molar-refractivity contribution in [2.24, 2.45) is 0 Å². The van der Waals surface area contributed by atoms with Gasteiger partial charge in [0.05, 0.1) is 16.7 Å². The molecule has 2 nitrogen and oxygen atoms in total. The molecule has 2 heteroatoms. The maximum Gasteiger partial charge on any atom is 0.0562 e. The lowest BCUT2D eigenvalue weighted by atomic mass is 9.93. The van der Waals surface area contributed by atoms with Crippen LogP contribution in [0.4, 0.5) is 17.1 Å². The molecule has 1 heterocycles. The number of fused-ring (bicyclic) bond motifs is 4. The van der Waals surface area contributed by atoms with Crippen LogP contribution in [0.3, 0.4) is 0 Å². The van der Waals surface area contributed by atoms with Gasteiger partial charge in [0, 0.05) is 33.4 Å². The van der Waals surface area contributed by atoms with Gasteiger partial charge < -0.3 is 9.47 Å². The fourth-order valence-electron chi connectivity index (χ4n) is 9.88. The van der Waals surface area contributed by atoms with Gasteiger partial charge >= 0.3 is 0 Å². The molecule has 0 atom stereocenters. The summed E-state index contributed by atoms with van der Waals surface area (Å²) in [5.74, 6) is 0. The maximum absolute atomic E-state index is 2.46. The fraction of sp³-hybridized carbons (Fsp3) is 0. The van der Waals surface area contributed by atoms with Crippen molar-refractivity contribution in [3.05, 3.63) is 267 Å². The zero-order chi connectivity index (χ0) is 43.8. The summed E-state index contributed by atoms with van der Waals surface area (Å²) >= 11 is 0. The maximum atomic E-state index is 2.46. The fourth-order valence-corrected chi connectivity index (χ4v) is 9.88. The van der Waals surface area contributed by atoms with Crippen LogP contribution in [-0.2, 0) is 0 Å². The molecule has 0 radical (unpaired) electrons. The molecule has 310 valence electrons. The van der Waals surface area contributed by atoms with E-state index < -0.39 is 0 Å². The van der Waals surface area contributed by atoms with Crippen molar-refractivity contribution in [1.82, 2.24) is 4.57 Å². The average molecular weight is 841 g/mol. The van der Waals surface area contributed by atoms with Crippen LogP contribution in [0.1, 0.15) is 0 Å². The molecule has 0 spiro atoms. The molecule has 0 bridgehead atoms. The second-order valence-corrected chi connectivity index (χ2v) is 16.9. The zero-order valence-corrected chi connectivity index (χ0v) is 36.3. The molecule has 12 rings (SSSR count). The van der Waals surface area contributed by atoms with E-state index in [4.69, 9.17) is 0 Å². The second kappa shape index (κ2) is 16.8. The van der Waals surface area contributed by atoms with E-state index in [1.54, 1.807) is 0 Å². The van der Waals surface area contributed by atoms with E-state index in [1.807, 2.05) is 0 Å². The Morgan fingerprint density at radius 1 is 0.288 bits per heavy atom. The lowest BCUT2D eigenvalue weighted by Crippen LogP contribution is -2.11. The van der Waals surface area contributed by atoms with Crippen molar-refractivity contribution in [1.29, 1.82) is 0 Å². The summed E-state index contributed by atoms with van der Waals surface area (Å²) in [5, 5.41) is 4.87. The molecule has 11 aromatic carbocycles. The summed E-state index contributed by atoms with van der Waals surface area (Å²) in [4.78, 5) is 2.46. The third kappa shape index (κ3) is 7.02. The molecule has 0 aliphatic rings. The first-order valence-corrected chi connectivity index (χ1v) is 22.7. The third-order valence-corrected chi connectivity index (χ3v) is 12.9. The van der Waals surface area contributed by atoms with E-state index in [0.717, 1.165) is 33.8 Å². The molecular weight excluding hydrogens is 797 g/mol. The Morgan fingerprint density at radius 3 is 1.42 bits per heavy atom. The highest BCUT2D eigenvalue weighted by Crippen LogP contribution is 2.47. The number of hydrogen-bond acceptors (Lipinski definition) is 1. The molecule has 0 unspecified atom stereocenters. The van der Waals surface area contributed by atoms with Gasteiger partial charge in [0.25, 0.3) is 0 Å². The number of aromatic nitrogens is 1. The van der Waals surface area contributed by atoms with Crippen LogP contribution in [-0.4, -0.2) is 4.57 Å². The molecule has 0 saturated carbocycles. The van der Waals surface area contributed by atoms with Gasteiger partial charge in [-0.1, -0.05) is 200 Å². The Hall–Kier alpha value is -8.72. The second-order valence-electron chi connectivity index (χ2n) is 16.9. The highest BCUT2D eigenvalue weighted by molar-refractivity contribution is 6.17. The summed E-state index contributed by atoms with van der Waals surface area (Å²) < 4.78 is 2.43. The first-order chi connectivity index (χ1) is 32.7. The number of benzene rings is 11. The Labute approximate surface area is 385 Å². The van der Waals surface area contributed by atoms with E-state index in [-0.39, 0.29) is 0 Å². The molecule has 0 fully saturated rings. The predicted molar refractivity (Wildman–Crippen MR) is 280 cm³/mol. The molecular formula is C64H44N2. The van der Waals surface area contributed by atoms with Gasteiger partial charge in [-0.15, -0.1) is 0 Å². The first-order valence-electron chi connectivity index (χ1n) is 22.7. The van der Waals surface area contributed by atoms with Gasteiger partial charge in [0.15, 0.2) is 0 Å². The molecule has 0 aliphatic heterocycles. The SMILES string of the molecule is c1ccc(-c2cc(-c3ccccc3)cc(-c3ccc(N(c4ccc5c6c(-c7ccccc7)cccc6n(-c6ccccc6)c5c4)c4ccc5ccccc5c4-c4ccccc4)cc3)c2)cc1. The van der Waals surface area contributed by atoms with Crippen LogP contribution >= 0.6 is 0 Å². The molecule has 0 amide bonds. The van der Waals surface area contributed by atoms with Crippen molar-refractivity contribution in [3.8, 4) is 61.3 Å². The number of rotatable bonds is 9. The van der Waals surface area contributed by atoms with Crippen molar-refractivity contribution in [2.45, 2.75) is 0 Å². The van der Waals surface area contributed by atoms with E-state index >= 15 is 0 Å². The van der Waals surface area contributed by atoms with E-state index in [0.29, 0.717) is 0 Å². The highest BCUT2D eigenvalue weighted by atomic mass is 15.1. The quantitative estimate of drug-likeness (QED) is 0.141. The van der Waals surface area contributed by atoms with Gasteiger partial charge in [-0.05, 0) is 128 Å². The summed E-state index contributed by atoms with van der Waals surface area (Å²) in [6, 6.07) is 97.0. The summed E-state index contributed by atoms with van der Waals surface area (Å²) in [6.07, 6.45) is 0. The third-order valence-electron chi connectivity index (χ3n) is 12.9. The normalized spacial score (nSPS) is 11.3. The van der Waals surface area contributed by atoms with Gasteiger partial charge in [-0.25, -0.2) is 0 Å². The molecule has 1 aromatic heterocycles. The number of nitrogens with zero attached hydrogens (tertiary/aromatic N) is 2. The van der Waals surface area contributed by atoms with Crippen LogP contribution in [0.2, 0.25) is 0 Å². The van der Waals surface area contributed by atoms with Gasteiger partial charge in [0.1, 0.15) is 0 Å². The average Bonchev–Trinajstić information content (AvgIpc) is 3.74. The number of hydrogen-bond donors (Lipinski definition) is 0. The van der Waals surface area contributed by atoms with Crippen molar-refractivity contribution < 1.29 is 0 Å². The van der Waals surface area contributed by atoms with Crippen molar-refractivity contribution in [3.63, 3.8) is 0 Å². The Morgan fingerprint density at radius 2 is 0.803 bits per heavy atom. The number of anilines is 3. The molecule has 0 aliphatic carbocycles. The van der Waals surface area contributed by atoms with Crippen molar-refractivity contribution >= 4 is 49.6 Å². The summed E-state index contributed by atoms with van der Waals surface area (Å²) in [7, 11) is 0. The summed E-state index contributed by atoms with van der Waals surface area (Å²) in [5.41, 5.74) is 18.6. The Kier molecular flexibility index (Phi) is 9.89. The van der Waals surface area contributed by atoms with E-state index in [9.17, 15) is 0 Å². The molecule has 0 saturated heterocycles. The van der Waals surface area contributed by atoms with Crippen LogP contribution in [0.25, 0.3) is 93.9 Å². The summed E-state index contributed by atoms with van der Waals surface area (Å²) in [6.45, 7) is 0. The largest absolute Gasteiger partial charge is 0.310 e. The minimum atomic E-state index is 1.07. The minimum absolute atomic E-state index is 1.07. The van der Waals surface area contributed by atoms with Crippen LogP contribution in [0.5, 0.6) is 0 Å². The van der Waals surface area contributed by atoms with Crippen LogP contribution in [0, 0.1) is 0 Å². The van der Waals surface area contributed by atoms with Crippen LogP contribution < -0.4 is 4.90 Å².